The van der Waals surface area contributed by atoms with Crippen LogP contribution in [0, 0.1) is 0 Å². The van der Waals surface area contributed by atoms with Crippen LogP contribution in [0.1, 0.15) is 17.9 Å². The molecule has 0 spiro atoms. The fourth-order valence-corrected chi connectivity index (χ4v) is 3.86. The highest BCUT2D eigenvalue weighted by atomic mass is 35.5. The van der Waals surface area contributed by atoms with Crippen LogP contribution >= 0.6 is 23.5 Å². The van der Waals surface area contributed by atoms with Gasteiger partial charge in [0.25, 0.3) is 0 Å². The minimum Gasteiger partial charge on any atom is -0.324 e. The average Bonchev–Trinajstić information content (AvgIpc) is 3.05. The van der Waals surface area contributed by atoms with Crippen LogP contribution in [0.15, 0.2) is 24.3 Å². The maximum atomic E-state index is 12.6. The van der Waals surface area contributed by atoms with Crippen molar-refractivity contribution in [3.63, 3.8) is 0 Å². The van der Waals surface area contributed by atoms with Crippen LogP contribution in [0.5, 0.6) is 0 Å². The van der Waals surface area contributed by atoms with Crippen molar-refractivity contribution in [3.8, 4) is 0 Å². The lowest BCUT2D eigenvalue weighted by molar-refractivity contribution is 0.144. The lowest BCUT2D eigenvalue weighted by Gasteiger charge is -2.35. The van der Waals surface area contributed by atoms with Crippen LogP contribution in [0.3, 0.4) is 0 Å². The SMILES string of the molecule is CSN1CCN(C(=O)N2CCC(c3ccc(Cl)cc3)C2)CC1. The highest BCUT2D eigenvalue weighted by molar-refractivity contribution is 7.96. The molecule has 2 fully saturated rings. The van der Waals surface area contributed by atoms with Crippen molar-refractivity contribution in [1.82, 2.24) is 14.1 Å². The van der Waals surface area contributed by atoms with Gasteiger partial charge in [-0.25, -0.2) is 9.10 Å². The van der Waals surface area contributed by atoms with Crippen molar-refractivity contribution in [2.24, 2.45) is 0 Å². The summed E-state index contributed by atoms with van der Waals surface area (Å²) in [5.74, 6) is 0.439. The topological polar surface area (TPSA) is 26.8 Å². The van der Waals surface area contributed by atoms with E-state index in [0.717, 1.165) is 50.7 Å². The molecule has 3 rings (SSSR count). The van der Waals surface area contributed by atoms with Crippen LogP contribution in [-0.2, 0) is 0 Å². The number of rotatable bonds is 2. The standard InChI is InChI=1S/C16H22ClN3OS/c1-22-20-10-8-18(9-11-20)16(21)19-7-6-14(12-19)13-2-4-15(17)5-3-13/h2-5,14H,6-12H2,1H3. The van der Waals surface area contributed by atoms with Gasteiger partial charge in [-0.05, 0) is 30.4 Å². The van der Waals surface area contributed by atoms with E-state index in [2.05, 4.69) is 22.7 Å². The molecule has 2 aliphatic rings. The number of halogens is 1. The van der Waals surface area contributed by atoms with Gasteiger partial charge in [0.05, 0.1) is 0 Å². The van der Waals surface area contributed by atoms with Gasteiger partial charge in [-0.2, -0.15) is 0 Å². The number of piperazine rings is 1. The largest absolute Gasteiger partial charge is 0.324 e. The summed E-state index contributed by atoms with van der Waals surface area (Å²) in [5.41, 5.74) is 1.28. The average molecular weight is 340 g/mol. The molecule has 1 unspecified atom stereocenters. The molecule has 120 valence electrons. The number of likely N-dealkylation sites (tertiary alicyclic amines) is 1. The molecule has 22 heavy (non-hydrogen) atoms. The first-order valence-electron chi connectivity index (χ1n) is 7.76. The maximum Gasteiger partial charge on any atom is 0.320 e. The van der Waals surface area contributed by atoms with E-state index in [4.69, 9.17) is 11.6 Å². The predicted molar refractivity (Wildman–Crippen MR) is 92.4 cm³/mol. The van der Waals surface area contributed by atoms with Crippen LogP contribution < -0.4 is 0 Å². The number of benzene rings is 1. The molecular weight excluding hydrogens is 318 g/mol. The Balaban J connectivity index is 1.56. The van der Waals surface area contributed by atoms with E-state index in [0.29, 0.717) is 5.92 Å². The Bertz CT molecular complexity index is 517. The second-order valence-electron chi connectivity index (χ2n) is 5.86. The first-order chi connectivity index (χ1) is 10.7. The van der Waals surface area contributed by atoms with E-state index in [1.54, 1.807) is 11.9 Å². The minimum atomic E-state index is 0.206. The number of nitrogens with zero attached hydrogens (tertiary/aromatic N) is 3. The van der Waals surface area contributed by atoms with Crippen LogP contribution in [0.25, 0.3) is 0 Å². The summed E-state index contributed by atoms with van der Waals surface area (Å²) in [4.78, 5) is 16.6. The van der Waals surface area contributed by atoms with Crippen molar-refractivity contribution in [2.45, 2.75) is 12.3 Å². The van der Waals surface area contributed by atoms with Crippen molar-refractivity contribution in [2.75, 3.05) is 45.5 Å². The van der Waals surface area contributed by atoms with E-state index in [9.17, 15) is 4.79 Å². The number of carbonyl (C=O) groups is 1. The van der Waals surface area contributed by atoms with Gasteiger partial charge in [0, 0.05) is 50.2 Å². The van der Waals surface area contributed by atoms with E-state index in [-0.39, 0.29) is 6.03 Å². The van der Waals surface area contributed by atoms with Crippen LogP contribution in [-0.4, -0.2) is 65.7 Å². The summed E-state index contributed by atoms with van der Waals surface area (Å²) < 4.78 is 2.31. The van der Waals surface area contributed by atoms with Gasteiger partial charge >= 0.3 is 6.03 Å². The summed E-state index contributed by atoms with van der Waals surface area (Å²) >= 11 is 7.71. The molecule has 0 radical (unpaired) electrons. The molecule has 1 atom stereocenters. The summed E-state index contributed by atoms with van der Waals surface area (Å²) in [5, 5.41) is 0.765. The van der Waals surface area contributed by atoms with Crippen molar-refractivity contribution in [3.05, 3.63) is 34.9 Å². The number of urea groups is 1. The third kappa shape index (κ3) is 3.53. The zero-order valence-electron chi connectivity index (χ0n) is 12.9. The van der Waals surface area contributed by atoms with Gasteiger partial charge in [0.1, 0.15) is 0 Å². The van der Waals surface area contributed by atoms with Crippen molar-refractivity contribution < 1.29 is 4.79 Å². The second-order valence-corrected chi connectivity index (χ2v) is 7.18. The third-order valence-corrected chi connectivity index (χ3v) is 5.70. The molecule has 1 aromatic rings. The molecule has 0 saturated carbocycles. The highest BCUT2D eigenvalue weighted by Gasteiger charge is 2.31. The maximum absolute atomic E-state index is 12.6. The Kier molecular flexibility index (Phi) is 5.16. The summed E-state index contributed by atoms with van der Waals surface area (Å²) in [6, 6.07) is 8.24. The van der Waals surface area contributed by atoms with E-state index in [1.807, 2.05) is 21.9 Å². The molecule has 2 amide bonds. The normalized spacial score (nSPS) is 23.1. The Hall–Kier alpha value is -0.910. The number of hydrogen-bond donors (Lipinski definition) is 0. The van der Waals surface area contributed by atoms with Gasteiger partial charge in [0.15, 0.2) is 0 Å². The molecule has 2 heterocycles. The molecule has 4 nitrogen and oxygen atoms in total. The molecule has 2 aliphatic heterocycles. The van der Waals surface area contributed by atoms with Gasteiger partial charge in [0.2, 0.25) is 0 Å². The molecule has 0 bridgehead atoms. The molecule has 0 aliphatic carbocycles. The van der Waals surface area contributed by atoms with Gasteiger partial charge in [-0.3, -0.25) is 0 Å². The number of amides is 2. The monoisotopic (exact) mass is 339 g/mol. The summed E-state index contributed by atoms with van der Waals surface area (Å²) in [7, 11) is 0. The van der Waals surface area contributed by atoms with Crippen molar-refractivity contribution in [1.29, 1.82) is 0 Å². The smallest absolute Gasteiger partial charge is 0.320 e. The lowest BCUT2D eigenvalue weighted by atomic mass is 9.99. The van der Waals surface area contributed by atoms with Crippen molar-refractivity contribution >= 4 is 29.6 Å². The zero-order valence-corrected chi connectivity index (χ0v) is 14.4. The molecule has 0 aromatic heterocycles. The molecule has 2 saturated heterocycles. The first kappa shape index (κ1) is 16.0. The lowest BCUT2D eigenvalue weighted by Crippen LogP contribution is -2.50. The first-order valence-corrected chi connectivity index (χ1v) is 9.31. The van der Waals surface area contributed by atoms with E-state index in [1.165, 1.54) is 5.56 Å². The Morgan fingerprint density at radius 2 is 1.77 bits per heavy atom. The van der Waals surface area contributed by atoms with Gasteiger partial charge in [-0.15, -0.1) is 0 Å². The van der Waals surface area contributed by atoms with Crippen LogP contribution in [0.2, 0.25) is 5.02 Å². The third-order valence-electron chi connectivity index (χ3n) is 4.57. The predicted octanol–water partition coefficient (Wildman–Crippen LogP) is 3.14. The quantitative estimate of drug-likeness (QED) is 0.774. The van der Waals surface area contributed by atoms with Crippen LogP contribution in [0.4, 0.5) is 4.79 Å². The van der Waals surface area contributed by atoms with E-state index < -0.39 is 0 Å². The van der Waals surface area contributed by atoms with Gasteiger partial charge < -0.3 is 9.80 Å². The van der Waals surface area contributed by atoms with Gasteiger partial charge in [-0.1, -0.05) is 35.7 Å². The fraction of sp³-hybridized carbons (Fsp3) is 0.562. The Morgan fingerprint density at radius 3 is 2.41 bits per heavy atom. The number of carbonyl (C=O) groups excluding carboxylic acids is 1. The summed E-state index contributed by atoms with van der Waals surface area (Å²) in [6.07, 6.45) is 3.13. The second kappa shape index (κ2) is 7.11. The van der Waals surface area contributed by atoms with E-state index >= 15 is 0 Å². The zero-order chi connectivity index (χ0) is 15.5. The number of hydrogen-bond acceptors (Lipinski definition) is 3. The highest BCUT2D eigenvalue weighted by Crippen LogP contribution is 2.29. The Morgan fingerprint density at radius 1 is 1.09 bits per heavy atom. The molecular formula is C16H22ClN3OS. The minimum absolute atomic E-state index is 0.206. The molecule has 6 heteroatoms. The summed E-state index contributed by atoms with van der Waals surface area (Å²) in [6.45, 7) is 5.27. The Labute approximate surface area is 141 Å². The molecule has 0 N–H and O–H groups in total. The fourth-order valence-electron chi connectivity index (χ4n) is 3.20. The molecule has 1 aromatic carbocycles.